The SMILES string of the molecule is Cc1ccc(NCCCC(=O)O)cc1S(N)(=O)=O. The van der Waals surface area contributed by atoms with Gasteiger partial charge in [-0.05, 0) is 31.0 Å². The molecule has 0 spiro atoms. The first-order chi connectivity index (χ1) is 8.30. The first-order valence-electron chi connectivity index (χ1n) is 5.40. The van der Waals surface area contributed by atoms with Crippen LogP contribution in [0.25, 0.3) is 0 Å². The second-order valence-electron chi connectivity index (χ2n) is 3.95. The van der Waals surface area contributed by atoms with Crippen LogP contribution in [0.2, 0.25) is 0 Å². The highest BCUT2D eigenvalue weighted by atomic mass is 32.2. The van der Waals surface area contributed by atoms with Gasteiger partial charge in [0.25, 0.3) is 0 Å². The van der Waals surface area contributed by atoms with Crippen molar-refractivity contribution in [1.29, 1.82) is 0 Å². The molecular weight excluding hydrogens is 256 g/mol. The third-order valence-electron chi connectivity index (χ3n) is 2.39. The third-order valence-corrected chi connectivity index (χ3v) is 3.44. The average Bonchev–Trinajstić information content (AvgIpc) is 2.24. The summed E-state index contributed by atoms with van der Waals surface area (Å²) in [7, 11) is -3.73. The normalized spacial score (nSPS) is 11.2. The fraction of sp³-hybridized carbons (Fsp3) is 0.364. The van der Waals surface area contributed by atoms with Crippen LogP contribution in [0.1, 0.15) is 18.4 Å². The Morgan fingerprint density at radius 1 is 1.44 bits per heavy atom. The number of nitrogens with one attached hydrogen (secondary N) is 1. The number of aliphatic carboxylic acids is 1. The molecular formula is C11H16N2O4S. The lowest BCUT2D eigenvalue weighted by Crippen LogP contribution is -2.14. The van der Waals surface area contributed by atoms with Crippen LogP contribution in [-0.2, 0) is 14.8 Å². The van der Waals surface area contributed by atoms with Crippen LogP contribution < -0.4 is 10.5 Å². The number of carboxylic acid groups (broad SMARTS) is 1. The molecule has 0 aliphatic heterocycles. The number of hydrogen-bond acceptors (Lipinski definition) is 4. The maximum Gasteiger partial charge on any atom is 0.303 e. The van der Waals surface area contributed by atoms with Crippen molar-refractivity contribution in [2.24, 2.45) is 5.14 Å². The number of sulfonamides is 1. The average molecular weight is 272 g/mol. The molecule has 1 aromatic rings. The number of rotatable bonds is 6. The van der Waals surface area contributed by atoms with Gasteiger partial charge in [0.2, 0.25) is 10.0 Å². The molecule has 0 fully saturated rings. The summed E-state index contributed by atoms with van der Waals surface area (Å²) >= 11 is 0. The van der Waals surface area contributed by atoms with Gasteiger partial charge in [0, 0.05) is 18.7 Å². The summed E-state index contributed by atoms with van der Waals surface area (Å²) in [5.74, 6) is -0.856. The Hall–Kier alpha value is -1.60. The molecule has 0 saturated carbocycles. The van der Waals surface area contributed by atoms with Gasteiger partial charge < -0.3 is 10.4 Å². The summed E-state index contributed by atoms with van der Waals surface area (Å²) in [6, 6.07) is 4.83. The van der Waals surface area contributed by atoms with Crippen LogP contribution in [0.4, 0.5) is 5.69 Å². The number of carbonyl (C=O) groups is 1. The fourth-order valence-electron chi connectivity index (χ4n) is 1.49. The summed E-state index contributed by atoms with van der Waals surface area (Å²) < 4.78 is 22.6. The zero-order valence-corrected chi connectivity index (χ0v) is 10.8. The summed E-state index contributed by atoms with van der Waals surface area (Å²) in [4.78, 5) is 10.4. The van der Waals surface area contributed by atoms with Gasteiger partial charge in [-0.2, -0.15) is 0 Å². The van der Waals surface area contributed by atoms with Gasteiger partial charge in [-0.15, -0.1) is 0 Å². The minimum atomic E-state index is -3.73. The van der Waals surface area contributed by atoms with Crippen LogP contribution in [0.5, 0.6) is 0 Å². The molecule has 0 radical (unpaired) electrons. The van der Waals surface area contributed by atoms with Crippen LogP contribution in [0, 0.1) is 6.92 Å². The molecule has 0 saturated heterocycles. The molecule has 0 aliphatic carbocycles. The summed E-state index contributed by atoms with van der Waals surface area (Å²) in [6.45, 7) is 2.12. The van der Waals surface area contributed by atoms with E-state index in [0.29, 0.717) is 24.2 Å². The number of primary sulfonamides is 1. The first kappa shape index (κ1) is 14.5. The van der Waals surface area contributed by atoms with Crippen LogP contribution in [0.15, 0.2) is 23.1 Å². The van der Waals surface area contributed by atoms with Gasteiger partial charge in [0.15, 0.2) is 0 Å². The number of anilines is 1. The minimum Gasteiger partial charge on any atom is -0.481 e. The first-order valence-corrected chi connectivity index (χ1v) is 6.94. The number of nitrogens with two attached hydrogens (primary N) is 1. The van der Waals surface area contributed by atoms with E-state index in [4.69, 9.17) is 10.2 Å². The molecule has 6 nitrogen and oxygen atoms in total. The van der Waals surface area contributed by atoms with Gasteiger partial charge >= 0.3 is 5.97 Å². The van der Waals surface area contributed by atoms with Crippen molar-refractivity contribution in [3.05, 3.63) is 23.8 Å². The lowest BCUT2D eigenvalue weighted by atomic mass is 10.2. The van der Waals surface area contributed by atoms with Crippen LogP contribution in [-0.4, -0.2) is 26.0 Å². The number of hydrogen-bond donors (Lipinski definition) is 3. The second-order valence-corrected chi connectivity index (χ2v) is 5.48. The Bertz CT molecular complexity index is 540. The van der Waals surface area contributed by atoms with E-state index in [-0.39, 0.29) is 11.3 Å². The van der Waals surface area contributed by atoms with Crippen molar-refractivity contribution in [3.8, 4) is 0 Å². The maximum absolute atomic E-state index is 11.3. The molecule has 1 aromatic carbocycles. The maximum atomic E-state index is 11.3. The highest BCUT2D eigenvalue weighted by Crippen LogP contribution is 2.18. The van der Waals surface area contributed by atoms with Gasteiger partial charge in [-0.25, -0.2) is 13.6 Å². The lowest BCUT2D eigenvalue weighted by molar-refractivity contribution is -0.137. The Labute approximate surface area is 106 Å². The molecule has 0 aromatic heterocycles. The van der Waals surface area contributed by atoms with E-state index in [1.807, 2.05) is 0 Å². The number of aryl methyl sites for hydroxylation is 1. The van der Waals surface area contributed by atoms with E-state index in [9.17, 15) is 13.2 Å². The zero-order chi connectivity index (χ0) is 13.8. The Morgan fingerprint density at radius 3 is 2.67 bits per heavy atom. The standard InChI is InChI=1S/C11H16N2O4S/c1-8-4-5-9(7-10(8)18(12,16)17)13-6-2-3-11(14)15/h4-5,7,13H,2-3,6H2,1H3,(H,14,15)(H2,12,16,17). The van der Waals surface area contributed by atoms with Crippen LogP contribution >= 0.6 is 0 Å². The van der Waals surface area contributed by atoms with Crippen molar-refractivity contribution in [2.75, 3.05) is 11.9 Å². The zero-order valence-electron chi connectivity index (χ0n) is 10.0. The quantitative estimate of drug-likeness (QED) is 0.667. The molecule has 18 heavy (non-hydrogen) atoms. The minimum absolute atomic E-state index is 0.0703. The molecule has 0 bridgehead atoms. The van der Waals surface area contributed by atoms with E-state index in [1.54, 1.807) is 19.1 Å². The van der Waals surface area contributed by atoms with Gasteiger partial charge in [0.05, 0.1) is 4.90 Å². The molecule has 100 valence electrons. The van der Waals surface area contributed by atoms with Crippen molar-refractivity contribution in [2.45, 2.75) is 24.7 Å². The van der Waals surface area contributed by atoms with Crippen molar-refractivity contribution >= 4 is 21.7 Å². The lowest BCUT2D eigenvalue weighted by Gasteiger charge is -2.09. The molecule has 0 unspecified atom stereocenters. The summed E-state index contributed by atoms with van der Waals surface area (Å²) in [6.07, 6.45) is 0.537. The highest BCUT2D eigenvalue weighted by Gasteiger charge is 2.11. The second kappa shape index (κ2) is 5.83. The van der Waals surface area contributed by atoms with E-state index in [2.05, 4.69) is 5.32 Å². The summed E-state index contributed by atoms with van der Waals surface area (Å²) in [5.41, 5.74) is 1.18. The van der Waals surface area contributed by atoms with E-state index in [0.717, 1.165) is 0 Å². The molecule has 0 aliphatic rings. The molecule has 0 heterocycles. The Kier molecular flexibility index (Phi) is 4.69. The fourth-order valence-corrected chi connectivity index (χ4v) is 2.30. The van der Waals surface area contributed by atoms with Crippen molar-refractivity contribution in [1.82, 2.24) is 0 Å². The summed E-state index contributed by atoms with van der Waals surface area (Å²) in [5, 5.41) is 16.5. The van der Waals surface area contributed by atoms with Gasteiger partial charge in [0.1, 0.15) is 0 Å². The molecule has 4 N–H and O–H groups in total. The van der Waals surface area contributed by atoms with Crippen molar-refractivity contribution in [3.63, 3.8) is 0 Å². The van der Waals surface area contributed by atoms with Crippen LogP contribution in [0.3, 0.4) is 0 Å². The van der Waals surface area contributed by atoms with Gasteiger partial charge in [-0.3, -0.25) is 4.79 Å². The Balaban J connectivity index is 2.71. The van der Waals surface area contributed by atoms with E-state index >= 15 is 0 Å². The number of benzene rings is 1. The molecule has 0 amide bonds. The topological polar surface area (TPSA) is 109 Å². The molecule has 7 heteroatoms. The molecule has 0 atom stereocenters. The van der Waals surface area contributed by atoms with E-state index in [1.165, 1.54) is 6.07 Å². The number of carboxylic acids is 1. The molecule has 1 rings (SSSR count). The predicted octanol–water partition coefficient (Wildman–Crippen LogP) is 0.919. The van der Waals surface area contributed by atoms with E-state index < -0.39 is 16.0 Å². The van der Waals surface area contributed by atoms with Gasteiger partial charge in [-0.1, -0.05) is 6.07 Å². The predicted molar refractivity (Wildman–Crippen MR) is 67.9 cm³/mol. The third kappa shape index (κ3) is 4.34. The Morgan fingerprint density at radius 2 is 2.11 bits per heavy atom. The monoisotopic (exact) mass is 272 g/mol. The largest absolute Gasteiger partial charge is 0.481 e. The smallest absolute Gasteiger partial charge is 0.303 e. The van der Waals surface area contributed by atoms with Crippen molar-refractivity contribution < 1.29 is 18.3 Å². The highest BCUT2D eigenvalue weighted by molar-refractivity contribution is 7.89.